The van der Waals surface area contributed by atoms with E-state index >= 15 is 0 Å². The number of hydrogen-bond donors (Lipinski definition) is 0. The summed E-state index contributed by atoms with van der Waals surface area (Å²) in [5.41, 5.74) is 1.85. The molecule has 1 aliphatic rings. The van der Waals surface area contributed by atoms with E-state index in [1.54, 1.807) is 43.0 Å². The van der Waals surface area contributed by atoms with Crippen LogP contribution in [0.4, 0.5) is 0 Å². The minimum Gasteiger partial charge on any atom is -0.493 e. The molecule has 3 aromatic rings. The number of thiophene rings is 1. The van der Waals surface area contributed by atoms with Crippen LogP contribution in [0.25, 0.3) is 10.2 Å². The van der Waals surface area contributed by atoms with Crippen molar-refractivity contribution < 1.29 is 9.47 Å². The molecule has 25 heavy (non-hydrogen) atoms. The van der Waals surface area contributed by atoms with Crippen molar-refractivity contribution in [2.75, 3.05) is 7.11 Å². The fraction of sp³-hybridized carbons (Fsp3) is 0.316. The molecule has 2 heterocycles. The standard InChI is InChI=1S/C19H17N3O2S/c1-11-3-5-13-16(7-11)25-19-17(13)18(21-10-22-19)24-14-6-4-12(9-20)8-15(14)23-2/h4,6,8,10-11H,3,5,7H2,1-2H3/t11-/m0/s1. The number of rotatable bonds is 3. The van der Waals surface area contributed by atoms with Crippen LogP contribution in [0.5, 0.6) is 17.4 Å². The maximum Gasteiger partial charge on any atom is 0.231 e. The highest BCUT2D eigenvalue weighted by atomic mass is 32.1. The van der Waals surface area contributed by atoms with E-state index in [0.29, 0.717) is 28.9 Å². The number of ether oxygens (including phenoxy) is 2. The quantitative estimate of drug-likeness (QED) is 0.695. The number of nitrogens with zero attached hydrogens (tertiary/aromatic N) is 3. The molecule has 0 unspecified atom stereocenters. The van der Waals surface area contributed by atoms with E-state index in [0.717, 1.165) is 23.1 Å². The third kappa shape index (κ3) is 2.81. The minimum absolute atomic E-state index is 0.517. The average molecular weight is 351 g/mol. The summed E-state index contributed by atoms with van der Waals surface area (Å²) in [5, 5.41) is 10.1. The summed E-state index contributed by atoms with van der Waals surface area (Å²) >= 11 is 1.74. The normalized spacial score (nSPS) is 16.3. The molecule has 0 saturated carbocycles. The van der Waals surface area contributed by atoms with Gasteiger partial charge < -0.3 is 9.47 Å². The van der Waals surface area contributed by atoms with Gasteiger partial charge in [0.15, 0.2) is 11.5 Å². The third-order valence-corrected chi connectivity index (χ3v) is 5.72. The summed E-state index contributed by atoms with van der Waals surface area (Å²) in [7, 11) is 1.56. The van der Waals surface area contributed by atoms with E-state index in [2.05, 4.69) is 23.0 Å². The van der Waals surface area contributed by atoms with Gasteiger partial charge in [0.05, 0.1) is 24.1 Å². The highest BCUT2D eigenvalue weighted by Gasteiger charge is 2.24. The SMILES string of the molecule is COc1cc(C#N)ccc1Oc1ncnc2sc3c(c12)CC[C@H](C)C3. The average Bonchev–Trinajstić information content (AvgIpc) is 3.00. The Bertz CT molecular complexity index is 990. The van der Waals surface area contributed by atoms with Gasteiger partial charge in [0, 0.05) is 10.9 Å². The molecule has 6 heteroatoms. The Hall–Kier alpha value is -2.65. The number of nitriles is 1. The number of methoxy groups -OCH3 is 1. The zero-order valence-electron chi connectivity index (χ0n) is 14.1. The first-order valence-electron chi connectivity index (χ1n) is 8.21. The molecular formula is C19H17N3O2S. The van der Waals surface area contributed by atoms with E-state index in [1.165, 1.54) is 16.9 Å². The number of benzene rings is 1. The molecule has 1 aromatic carbocycles. The van der Waals surface area contributed by atoms with Crippen LogP contribution in [-0.4, -0.2) is 17.1 Å². The lowest BCUT2D eigenvalue weighted by Gasteiger charge is -2.18. The fourth-order valence-electron chi connectivity index (χ4n) is 3.25. The van der Waals surface area contributed by atoms with Gasteiger partial charge in [-0.3, -0.25) is 0 Å². The Labute approximate surface area is 149 Å². The molecule has 0 fully saturated rings. The Morgan fingerprint density at radius 1 is 1.28 bits per heavy atom. The minimum atomic E-state index is 0.517. The molecule has 0 spiro atoms. The van der Waals surface area contributed by atoms with E-state index in [1.807, 2.05) is 0 Å². The highest BCUT2D eigenvalue weighted by Crippen LogP contribution is 2.42. The molecular weight excluding hydrogens is 334 g/mol. The predicted molar refractivity (Wildman–Crippen MR) is 96.4 cm³/mol. The van der Waals surface area contributed by atoms with Crippen molar-refractivity contribution in [1.29, 1.82) is 5.26 Å². The van der Waals surface area contributed by atoms with Crippen LogP contribution < -0.4 is 9.47 Å². The van der Waals surface area contributed by atoms with Crippen molar-refractivity contribution in [3.05, 3.63) is 40.5 Å². The third-order valence-electron chi connectivity index (χ3n) is 4.56. The molecule has 2 aromatic heterocycles. The van der Waals surface area contributed by atoms with E-state index in [4.69, 9.17) is 14.7 Å². The summed E-state index contributed by atoms with van der Waals surface area (Å²) in [6.07, 6.45) is 4.84. The summed E-state index contributed by atoms with van der Waals surface area (Å²) in [6, 6.07) is 7.22. The number of aromatic nitrogens is 2. The molecule has 4 rings (SSSR count). The van der Waals surface area contributed by atoms with Gasteiger partial charge in [0.25, 0.3) is 0 Å². The second kappa shape index (κ2) is 6.34. The van der Waals surface area contributed by atoms with Crippen LogP contribution in [0.1, 0.15) is 29.3 Å². The van der Waals surface area contributed by atoms with Gasteiger partial charge in [-0.05, 0) is 42.9 Å². The van der Waals surface area contributed by atoms with E-state index in [-0.39, 0.29) is 0 Å². The Morgan fingerprint density at radius 2 is 2.16 bits per heavy atom. The van der Waals surface area contributed by atoms with Crippen molar-refractivity contribution in [2.45, 2.75) is 26.2 Å². The van der Waals surface area contributed by atoms with Crippen molar-refractivity contribution in [3.8, 4) is 23.4 Å². The Kier molecular flexibility index (Phi) is 4.02. The smallest absolute Gasteiger partial charge is 0.231 e. The molecule has 0 N–H and O–H groups in total. The lowest BCUT2D eigenvalue weighted by atomic mass is 9.89. The Morgan fingerprint density at radius 3 is 2.96 bits per heavy atom. The van der Waals surface area contributed by atoms with Crippen molar-refractivity contribution in [3.63, 3.8) is 0 Å². The van der Waals surface area contributed by atoms with Gasteiger partial charge in [0.2, 0.25) is 5.88 Å². The maximum atomic E-state index is 9.04. The second-order valence-corrected chi connectivity index (χ2v) is 7.37. The molecule has 126 valence electrons. The lowest BCUT2D eigenvalue weighted by Crippen LogP contribution is -2.08. The summed E-state index contributed by atoms with van der Waals surface area (Å²) in [5.74, 6) is 2.32. The van der Waals surface area contributed by atoms with Crippen LogP contribution in [0.15, 0.2) is 24.5 Å². The summed E-state index contributed by atoms with van der Waals surface area (Å²) in [6.45, 7) is 2.29. The van der Waals surface area contributed by atoms with Crippen molar-refractivity contribution in [1.82, 2.24) is 9.97 Å². The van der Waals surface area contributed by atoms with Crippen LogP contribution in [0, 0.1) is 17.2 Å². The van der Waals surface area contributed by atoms with Crippen LogP contribution in [-0.2, 0) is 12.8 Å². The largest absolute Gasteiger partial charge is 0.493 e. The van der Waals surface area contributed by atoms with Gasteiger partial charge >= 0.3 is 0 Å². The first-order chi connectivity index (χ1) is 12.2. The zero-order valence-corrected chi connectivity index (χ0v) is 14.9. The van der Waals surface area contributed by atoms with Gasteiger partial charge in [-0.1, -0.05) is 6.92 Å². The first-order valence-corrected chi connectivity index (χ1v) is 9.02. The number of aryl methyl sites for hydroxylation is 1. The number of fused-ring (bicyclic) bond motifs is 3. The molecule has 5 nitrogen and oxygen atoms in total. The van der Waals surface area contributed by atoms with Crippen molar-refractivity contribution >= 4 is 21.6 Å². The van der Waals surface area contributed by atoms with E-state index in [9.17, 15) is 0 Å². The predicted octanol–water partition coefficient (Wildman–Crippen LogP) is 4.49. The molecule has 0 bridgehead atoms. The number of hydrogen-bond acceptors (Lipinski definition) is 6. The second-order valence-electron chi connectivity index (χ2n) is 6.29. The van der Waals surface area contributed by atoms with Crippen LogP contribution in [0.2, 0.25) is 0 Å². The first kappa shape index (κ1) is 15.9. The van der Waals surface area contributed by atoms with Crippen molar-refractivity contribution in [2.24, 2.45) is 5.92 Å². The monoisotopic (exact) mass is 351 g/mol. The van der Waals surface area contributed by atoms with Gasteiger partial charge in [-0.15, -0.1) is 11.3 Å². The molecule has 1 aliphatic carbocycles. The molecule has 0 aliphatic heterocycles. The van der Waals surface area contributed by atoms with Gasteiger partial charge in [0.1, 0.15) is 11.2 Å². The van der Waals surface area contributed by atoms with Gasteiger partial charge in [-0.2, -0.15) is 5.26 Å². The highest BCUT2D eigenvalue weighted by molar-refractivity contribution is 7.18. The van der Waals surface area contributed by atoms with E-state index < -0.39 is 0 Å². The molecule has 1 atom stereocenters. The van der Waals surface area contributed by atoms with Crippen LogP contribution >= 0.6 is 11.3 Å². The lowest BCUT2D eigenvalue weighted by molar-refractivity contribution is 0.375. The maximum absolute atomic E-state index is 9.04. The zero-order chi connectivity index (χ0) is 17.4. The van der Waals surface area contributed by atoms with Crippen LogP contribution in [0.3, 0.4) is 0 Å². The molecule has 0 radical (unpaired) electrons. The molecule has 0 saturated heterocycles. The molecule has 0 amide bonds. The summed E-state index contributed by atoms with van der Waals surface area (Å²) in [4.78, 5) is 11.2. The summed E-state index contributed by atoms with van der Waals surface area (Å²) < 4.78 is 11.4. The topological polar surface area (TPSA) is 68.0 Å². The fourth-order valence-corrected chi connectivity index (χ4v) is 4.59. The Balaban J connectivity index is 1.79. The van der Waals surface area contributed by atoms with Gasteiger partial charge in [-0.25, -0.2) is 9.97 Å².